The summed E-state index contributed by atoms with van der Waals surface area (Å²) in [6.07, 6.45) is -2.35. The fourth-order valence-corrected chi connectivity index (χ4v) is 1.99. The Morgan fingerprint density at radius 1 is 1.50 bits per heavy atom. The SMILES string of the molecule is Cc1ccc(C(CN)C(F)F)s1. The standard InChI is InChI=1S/C8H11F2NS/c1-5-2-3-7(12-5)6(4-11)8(9)10/h2-3,6,8H,4,11H2,1H3. The third-order valence-corrected chi connectivity index (χ3v) is 2.82. The number of thiophene rings is 1. The van der Waals surface area contributed by atoms with Crippen molar-refractivity contribution in [1.82, 2.24) is 0 Å². The number of alkyl halides is 2. The molecule has 1 nitrogen and oxygen atoms in total. The molecule has 0 aliphatic carbocycles. The van der Waals surface area contributed by atoms with Crippen molar-refractivity contribution in [2.24, 2.45) is 5.73 Å². The van der Waals surface area contributed by atoms with Crippen LogP contribution in [-0.2, 0) is 0 Å². The molecule has 0 aliphatic rings. The van der Waals surface area contributed by atoms with Crippen molar-refractivity contribution in [3.8, 4) is 0 Å². The third-order valence-electron chi connectivity index (χ3n) is 1.68. The van der Waals surface area contributed by atoms with Crippen molar-refractivity contribution in [3.05, 3.63) is 21.9 Å². The molecule has 0 aromatic carbocycles. The smallest absolute Gasteiger partial charge is 0.247 e. The van der Waals surface area contributed by atoms with Gasteiger partial charge in [0.15, 0.2) is 0 Å². The maximum atomic E-state index is 12.3. The van der Waals surface area contributed by atoms with Gasteiger partial charge in [0, 0.05) is 16.3 Å². The molecule has 1 atom stereocenters. The molecule has 0 aliphatic heterocycles. The summed E-state index contributed by atoms with van der Waals surface area (Å²) >= 11 is 1.39. The van der Waals surface area contributed by atoms with Crippen LogP contribution in [-0.4, -0.2) is 13.0 Å². The van der Waals surface area contributed by atoms with Gasteiger partial charge in [-0.1, -0.05) is 0 Å². The lowest BCUT2D eigenvalue weighted by Gasteiger charge is -2.10. The molecule has 1 unspecified atom stereocenters. The van der Waals surface area contributed by atoms with Gasteiger partial charge in [0.25, 0.3) is 0 Å². The third kappa shape index (κ3) is 2.01. The fourth-order valence-electron chi connectivity index (χ4n) is 0.996. The van der Waals surface area contributed by atoms with Crippen molar-refractivity contribution >= 4 is 11.3 Å². The molecule has 0 radical (unpaired) electrons. The Balaban J connectivity index is 2.80. The monoisotopic (exact) mass is 191 g/mol. The van der Waals surface area contributed by atoms with E-state index in [4.69, 9.17) is 5.73 Å². The molecule has 0 spiro atoms. The molecule has 68 valence electrons. The van der Waals surface area contributed by atoms with E-state index in [0.717, 1.165) is 4.88 Å². The zero-order valence-electron chi connectivity index (χ0n) is 6.76. The molecule has 1 rings (SSSR count). The van der Waals surface area contributed by atoms with Crippen molar-refractivity contribution < 1.29 is 8.78 Å². The van der Waals surface area contributed by atoms with Gasteiger partial charge in [-0.15, -0.1) is 11.3 Å². The molecule has 0 fully saturated rings. The Morgan fingerprint density at radius 3 is 2.50 bits per heavy atom. The van der Waals surface area contributed by atoms with E-state index in [1.165, 1.54) is 11.3 Å². The molecule has 4 heteroatoms. The van der Waals surface area contributed by atoms with Crippen LogP contribution in [0.5, 0.6) is 0 Å². The topological polar surface area (TPSA) is 26.0 Å². The van der Waals surface area contributed by atoms with E-state index >= 15 is 0 Å². The molecule has 0 bridgehead atoms. The summed E-state index contributed by atoms with van der Waals surface area (Å²) < 4.78 is 24.6. The van der Waals surface area contributed by atoms with Crippen LogP contribution in [0.2, 0.25) is 0 Å². The maximum Gasteiger partial charge on any atom is 0.247 e. The minimum atomic E-state index is -2.35. The lowest BCUT2D eigenvalue weighted by molar-refractivity contribution is 0.118. The summed E-state index contributed by atoms with van der Waals surface area (Å²) in [7, 11) is 0. The number of hydrogen-bond donors (Lipinski definition) is 1. The molecule has 0 saturated heterocycles. The molecule has 0 amide bonds. The van der Waals surface area contributed by atoms with Gasteiger partial charge in [0.2, 0.25) is 6.43 Å². The zero-order chi connectivity index (χ0) is 9.14. The fraction of sp³-hybridized carbons (Fsp3) is 0.500. The highest BCUT2D eigenvalue weighted by Gasteiger charge is 2.21. The van der Waals surface area contributed by atoms with Gasteiger partial charge in [0.05, 0.1) is 5.92 Å². The molecule has 12 heavy (non-hydrogen) atoms. The van der Waals surface area contributed by atoms with E-state index < -0.39 is 12.3 Å². The lowest BCUT2D eigenvalue weighted by Crippen LogP contribution is -2.18. The minimum Gasteiger partial charge on any atom is -0.330 e. The Kier molecular flexibility index (Phi) is 3.17. The normalized spacial score (nSPS) is 13.8. The number of nitrogens with two attached hydrogens (primary N) is 1. The number of halogens is 2. The molecule has 1 aromatic heterocycles. The van der Waals surface area contributed by atoms with Gasteiger partial charge in [-0.3, -0.25) is 0 Å². The van der Waals surface area contributed by atoms with E-state index in [2.05, 4.69) is 0 Å². The average molecular weight is 191 g/mol. The quantitative estimate of drug-likeness (QED) is 0.779. The Hall–Kier alpha value is -0.480. The first-order valence-corrected chi connectivity index (χ1v) is 4.51. The highest BCUT2D eigenvalue weighted by Crippen LogP contribution is 2.28. The van der Waals surface area contributed by atoms with Crippen LogP contribution in [0.15, 0.2) is 12.1 Å². The summed E-state index contributed by atoms with van der Waals surface area (Å²) in [5, 5.41) is 0. The van der Waals surface area contributed by atoms with Crippen molar-refractivity contribution in [2.75, 3.05) is 6.54 Å². The van der Waals surface area contributed by atoms with Crippen molar-refractivity contribution in [3.63, 3.8) is 0 Å². The second-order valence-electron chi connectivity index (χ2n) is 2.63. The first-order chi connectivity index (χ1) is 5.65. The van der Waals surface area contributed by atoms with Gasteiger partial charge in [-0.25, -0.2) is 8.78 Å². The highest BCUT2D eigenvalue weighted by molar-refractivity contribution is 7.12. The Morgan fingerprint density at radius 2 is 2.17 bits per heavy atom. The van der Waals surface area contributed by atoms with Crippen LogP contribution in [0.4, 0.5) is 8.78 Å². The predicted molar refractivity (Wildman–Crippen MR) is 46.9 cm³/mol. The highest BCUT2D eigenvalue weighted by atomic mass is 32.1. The number of rotatable bonds is 3. The molecule has 0 saturated carbocycles. The maximum absolute atomic E-state index is 12.3. The van der Waals surface area contributed by atoms with E-state index in [1.54, 1.807) is 6.07 Å². The molecule has 2 N–H and O–H groups in total. The Bertz CT molecular complexity index is 247. The van der Waals surface area contributed by atoms with Crippen molar-refractivity contribution in [2.45, 2.75) is 19.3 Å². The summed E-state index contributed by atoms with van der Waals surface area (Å²) in [5.74, 6) is -0.788. The second kappa shape index (κ2) is 3.96. The van der Waals surface area contributed by atoms with Gasteiger partial charge in [-0.2, -0.15) is 0 Å². The number of aryl methyl sites for hydroxylation is 1. The summed E-state index contributed by atoms with van der Waals surface area (Å²) in [5.41, 5.74) is 5.24. The van der Waals surface area contributed by atoms with Crippen LogP contribution in [0.1, 0.15) is 15.7 Å². The van der Waals surface area contributed by atoms with Crippen molar-refractivity contribution in [1.29, 1.82) is 0 Å². The van der Waals surface area contributed by atoms with E-state index in [9.17, 15) is 8.78 Å². The van der Waals surface area contributed by atoms with Gasteiger partial charge in [0.1, 0.15) is 0 Å². The average Bonchev–Trinajstić information content (AvgIpc) is 2.37. The van der Waals surface area contributed by atoms with Crippen LogP contribution >= 0.6 is 11.3 Å². The van der Waals surface area contributed by atoms with Crippen LogP contribution in [0.3, 0.4) is 0 Å². The van der Waals surface area contributed by atoms with Gasteiger partial charge in [-0.05, 0) is 19.1 Å². The zero-order valence-corrected chi connectivity index (χ0v) is 7.57. The molecule has 1 aromatic rings. The van der Waals surface area contributed by atoms with E-state index in [0.29, 0.717) is 4.88 Å². The summed E-state index contributed by atoms with van der Waals surface area (Å²) in [4.78, 5) is 1.73. The Labute approximate surface area is 74.2 Å². The molecular weight excluding hydrogens is 180 g/mol. The first kappa shape index (κ1) is 9.61. The van der Waals surface area contributed by atoms with E-state index in [1.807, 2.05) is 13.0 Å². The summed E-state index contributed by atoms with van der Waals surface area (Å²) in [6, 6.07) is 3.56. The molecule has 1 heterocycles. The summed E-state index contributed by atoms with van der Waals surface area (Å²) in [6.45, 7) is 1.91. The second-order valence-corrected chi connectivity index (χ2v) is 3.94. The van der Waals surface area contributed by atoms with Gasteiger partial charge < -0.3 is 5.73 Å². The van der Waals surface area contributed by atoms with E-state index in [-0.39, 0.29) is 6.54 Å². The lowest BCUT2D eigenvalue weighted by atomic mass is 10.1. The number of hydrogen-bond acceptors (Lipinski definition) is 2. The van der Waals surface area contributed by atoms with Crippen LogP contribution < -0.4 is 5.73 Å². The minimum absolute atomic E-state index is 0.0115. The molecular formula is C8H11F2NS. The largest absolute Gasteiger partial charge is 0.330 e. The van der Waals surface area contributed by atoms with Crippen LogP contribution in [0.25, 0.3) is 0 Å². The van der Waals surface area contributed by atoms with Crippen LogP contribution in [0, 0.1) is 6.92 Å². The predicted octanol–water partition coefficient (Wildman–Crippen LogP) is 2.36. The first-order valence-electron chi connectivity index (χ1n) is 3.69. The van der Waals surface area contributed by atoms with Gasteiger partial charge >= 0.3 is 0 Å².